The number of aryl methyl sites for hydroxylation is 1. The number of benzene rings is 2. The van der Waals surface area contributed by atoms with E-state index in [4.69, 9.17) is 14.9 Å². The molecule has 0 aliphatic carbocycles. The lowest BCUT2D eigenvalue weighted by atomic mass is 10.1. The Hall–Kier alpha value is -3.43. The zero-order valence-corrected chi connectivity index (χ0v) is 21.3. The van der Waals surface area contributed by atoms with Gasteiger partial charge in [0.1, 0.15) is 5.75 Å². The molecule has 0 aliphatic heterocycles. The van der Waals surface area contributed by atoms with Gasteiger partial charge in [-0.05, 0) is 56.7 Å². The summed E-state index contributed by atoms with van der Waals surface area (Å²) in [5, 5.41) is 20.6. The Balaban J connectivity index is 0.000000466. The first-order valence-electron chi connectivity index (χ1n) is 11.4. The van der Waals surface area contributed by atoms with Gasteiger partial charge in [0, 0.05) is 33.5 Å². The first-order valence-corrected chi connectivity index (χ1v) is 12.2. The zero-order valence-electron chi connectivity index (χ0n) is 20.5. The van der Waals surface area contributed by atoms with Crippen LogP contribution in [0.3, 0.4) is 0 Å². The molecule has 9 heteroatoms. The summed E-state index contributed by atoms with van der Waals surface area (Å²) in [6.07, 6.45) is 2.13. The molecule has 3 N–H and O–H groups in total. The van der Waals surface area contributed by atoms with Crippen LogP contribution in [-0.4, -0.2) is 60.3 Å². The van der Waals surface area contributed by atoms with Crippen molar-refractivity contribution in [2.24, 2.45) is 0 Å². The predicted molar refractivity (Wildman–Crippen MR) is 142 cm³/mol. The summed E-state index contributed by atoms with van der Waals surface area (Å²) in [4.78, 5) is 34.8. The summed E-state index contributed by atoms with van der Waals surface area (Å²) in [5.41, 5.74) is 1.97. The molecule has 35 heavy (non-hydrogen) atoms. The fraction of sp³-hybridized carbons (Fsp3) is 0.346. The molecule has 1 aromatic heterocycles. The molecule has 1 heterocycles. The van der Waals surface area contributed by atoms with Crippen molar-refractivity contribution >= 4 is 49.1 Å². The number of hydrogen-bond acceptors (Lipinski definition) is 7. The van der Waals surface area contributed by atoms with E-state index in [-0.39, 0.29) is 5.43 Å². The van der Waals surface area contributed by atoms with E-state index in [9.17, 15) is 14.4 Å². The molecule has 0 aliphatic rings. The van der Waals surface area contributed by atoms with E-state index in [0.717, 1.165) is 69.8 Å². The van der Waals surface area contributed by atoms with Gasteiger partial charge in [-0.15, -0.1) is 11.3 Å². The molecule has 0 amide bonds. The Kier molecular flexibility index (Phi) is 10.7. The molecular formula is C26H32N2O6S. The number of carboxylic acids is 2. The van der Waals surface area contributed by atoms with Gasteiger partial charge in [-0.25, -0.2) is 9.59 Å². The molecule has 0 unspecified atom stereocenters. The zero-order chi connectivity index (χ0) is 26.0. The van der Waals surface area contributed by atoms with Crippen LogP contribution in [0.2, 0.25) is 0 Å². The lowest BCUT2D eigenvalue weighted by Gasteiger charge is -2.19. The average Bonchev–Trinajstić information content (AvgIpc) is 2.84. The van der Waals surface area contributed by atoms with E-state index in [1.165, 1.54) is 0 Å². The highest BCUT2D eigenvalue weighted by Crippen LogP contribution is 2.38. The number of anilines is 1. The number of methoxy groups -OCH3 is 1. The van der Waals surface area contributed by atoms with Gasteiger partial charge in [-0.1, -0.05) is 26.0 Å². The summed E-state index contributed by atoms with van der Waals surface area (Å²) in [6.45, 7) is 10.4. The van der Waals surface area contributed by atoms with Crippen LogP contribution in [0.1, 0.15) is 25.8 Å². The highest BCUT2D eigenvalue weighted by atomic mass is 32.1. The normalized spacial score (nSPS) is 11.0. The third-order valence-corrected chi connectivity index (χ3v) is 6.74. The molecule has 0 bridgehead atoms. The summed E-state index contributed by atoms with van der Waals surface area (Å²) >= 11 is 1.67. The minimum absolute atomic E-state index is 0.0765. The van der Waals surface area contributed by atoms with Gasteiger partial charge in [-0.3, -0.25) is 4.79 Å². The van der Waals surface area contributed by atoms with Crippen molar-refractivity contribution in [2.75, 3.05) is 38.6 Å². The SMILES string of the molecule is CCN(CC)CCCNc1c(OC)cc(C)c2sc3ccccc3c(=O)c12.O=C(O)/C=C/C(=O)O. The monoisotopic (exact) mass is 500 g/mol. The second kappa shape index (κ2) is 13.5. The summed E-state index contributed by atoms with van der Waals surface area (Å²) in [5.74, 6) is -1.78. The number of fused-ring (bicyclic) bond motifs is 2. The minimum Gasteiger partial charge on any atom is -0.495 e. The fourth-order valence-electron chi connectivity index (χ4n) is 3.64. The maximum atomic E-state index is 13.3. The molecule has 3 aromatic rings. The van der Waals surface area contributed by atoms with Crippen molar-refractivity contribution in [3.05, 3.63) is 58.3 Å². The Morgan fingerprint density at radius 3 is 2.31 bits per heavy atom. The van der Waals surface area contributed by atoms with Gasteiger partial charge in [-0.2, -0.15) is 0 Å². The van der Waals surface area contributed by atoms with Crippen molar-refractivity contribution in [1.29, 1.82) is 0 Å². The topological polar surface area (TPSA) is 116 Å². The van der Waals surface area contributed by atoms with Crippen molar-refractivity contribution < 1.29 is 24.5 Å². The standard InChI is InChI=1S/C22H28N2O2S.C4H4O4/c1-5-24(6-2)13-9-12-23-20-17(26-4)14-15(3)22-19(20)21(25)16-10-7-8-11-18(16)27-22;5-3(6)1-2-4(7)8/h7-8,10-11,14,23H,5-6,9,12-13H2,1-4H3;1-2H,(H,5,6)(H,7,8)/b;2-1+. The van der Waals surface area contributed by atoms with Crippen molar-refractivity contribution in [1.82, 2.24) is 4.90 Å². The lowest BCUT2D eigenvalue weighted by molar-refractivity contribution is -0.134. The molecule has 8 nitrogen and oxygen atoms in total. The average molecular weight is 501 g/mol. The van der Waals surface area contributed by atoms with E-state index in [0.29, 0.717) is 12.2 Å². The highest BCUT2D eigenvalue weighted by Gasteiger charge is 2.16. The van der Waals surface area contributed by atoms with E-state index in [2.05, 4.69) is 24.1 Å². The molecule has 0 saturated carbocycles. The van der Waals surface area contributed by atoms with Crippen LogP contribution >= 0.6 is 11.3 Å². The number of rotatable bonds is 10. The van der Waals surface area contributed by atoms with Crippen molar-refractivity contribution in [3.8, 4) is 5.75 Å². The lowest BCUT2D eigenvalue weighted by Crippen LogP contribution is -2.25. The third-order valence-electron chi connectivity index (χ3n) is 5.44. The maximum absolute atomic E-state index is 13.3. The number of hydrogen-bond donors (Lipinski definition) is 3. The van der Waals surface area contributed by atoms with Crippen LogP contribution < -0.4 is 15.5 Å². The molecule has 0 spiro atoms. The van der Waals surface area contributed by atoms with Crippen molar-refractivity contribution in [3.63, 3.8) is 0 Å². The number of aliphatic carboxylic acids is 2. The van der Waals surface area contributed by atoms with Gasteiger partial charge in [0.15, 0.2) is 5.43 Å². The van der Waals surface area contributed by atoms with Crippen LogP contribution in [0.4, 0.5) is 5.69 Å². The van der Waals surface area contributed by atoms with Crippen LogP contribution in [-0.2, 0) is 9.59 Å². The van der Waals surface area contributed by atoms with Crippen LogP contribution in [0, 0.1) is 6.92 Å². The van der Waals surface area contributed by atoms with E-state index < -0.39 is 11.9 Å². The first-order chi connectivity index (χ1) is 16.7. The maximum Gasteiger partial charge on any atom is 0.328 e. The van der Waals surface area contributed by atoms with Gasteiger partial charge in [0.25, 0.3) is 0 Å². The van der Waals surface area contributed by atoms with Gasteiger partial charge >= 0.3 is 11.9 Å². The number of carbonyl (C=O) groups is 2. The molecule has 188 valence electrons. The molecule has 0 saturated heterocycles. The van der Waals surface area contributed by atoms with Crippen LogP contribution in [0.25, 0.3) is 20.2 Å². The van der Waals surface area contributed by atoms with Gasteiger partial charge < -0.3 is 25.2 Å². The predicted octanol–water partition coefficient (Wildman–Crippen LogP) is 4.59. The fourth-order valence-corrected chi connectivity index (χ4v) is 4.79. The summed E-state index contributed by atoms with van der Waals surface area (Å²) < 4.78 is 7.67. The molecule has 0 radical (unpaired) electrons. The van der Waals surface area contributed by atoms with E-state index in [1.807, 2.05) is 37.3 Å². The van der Waals surface area contributed by atoms with Crippen LogP contribution in [0.15, 0.2) is 47.3 Å². The highest BCUT2D eigenvalue weighted by molar-refractivity contribution is 7.24. The Morgan fingerprint density at radius 2 is 1.74 bits per heavy atom. The number of ether oxygens (including phenoxy) is 1. The quantitative estimate of drug-likeness (QED) is 0.210. The molecule has 3 rings (SSSR count). The first kappa shape index (κ1) is 27.8. The second-order valence-corrected chi connectivity index (χ2v) is 8.77. The van der Waals surface area contributed by atoms with Gasteiger partial charge in [0.2, 0.25) is 0 Å². The Labute approximate surface area is 208 Å². The van der Waals surface area contributed by atoms with Crippen molar-refractivity contribution in [2.45, 2.75) is 27.2 Å². The largest absolute Gasteiger partial charge is 0.495 e. The molecule has 2 aromatic carbocycles. The molecule has 0 atom stereocenters. The summed E-state index contributed by atoms with van der Waals surface area (Å²) in [6, 6.07) is 9.86. The van der Waals surface area contributed by atoms with E-state index in [1.54, 1.807) is 18.4 Å². The Morgan fingerprint density at radius 1 is 1.11 bits per heavy atom. The number of nitrogens with zero attached hydrogens (tertiary/aromatic N) is 1. The number of carboxylic acid groups (broad SMARTS) is 2. The molecular weight excluding hydrogens is 468 g/mol. The van der Waals surface area contributed by atoms with E-state index >= 15 is 0 Å². The second-order valence-electron chi connectivity index (χ2n) is 7.72. The Bertz CT molecular complexity index is 1250. The third kappa shape index (κ3) is 7.53. The minimum atomic E-state index is -1.26. The summed E-state index contributed by atoms with van der Waals surface area (Å²) in [7, 11) is 1.66. The van der Waals surface area contributed by atoms with Gasteiger partial charge in [0.05, 0.1) is 18.2 Å². The smallest absolute Gasteiger partial charge is 0.328 e. The van der Waals surface area contributed by atoms with Crippen LogP contribution in [0.5, 0.6) is 5.75 Å². The number of nitrogens with one attached hydrogen (secondary N) is 1. The molecule has 0 fully saturated rings.